The van der Waals surface area contributed by atoms with Crippen molar-refractivity contribution in [1.82, 2.24) is 25.0 Å². The van der Waals surface area contributed by atoms with Crippen LogP contribution in [-0.2, 0) is 6.54 Å². The van der Waals surface area contributed by atoms with Crippen molar-refractivity contribution < 1.29 is 19.1 Å². The van der Waals surface area contributed by atoms with Gasteiger partial charge in [0.2, 0.25) is 11.8 Å². The third-order valence-corrected chi connectivity index (χ3v) is 5.46. The molecule has 0 spiro atoms. The molecule has 2 aromatic rings. The maximum Gasteiger partial charge on any atom is 0.269 e. The first-order valence-electron chi connectivity index (χ1n) is 9.85. The van der Waals surface area contributed by atoms with Crippen LogP contribution in [0.4, 0.5) is 0 Å². The number of rotatable bonds is 4. The number of hydrogen-bond acceptors (Lipinski definition) is 6. The molecule has 4 heterocycles. The molecule has 154 valence electrons. The monoisotopic (exact) mass is 399 g/mol. The summed E-state index contributed by atoms with van der Waals surface area (Å²) >= 11 is 0. The van der Waals surface area contributed by atoms with Gasteiger partial charge in [-0.2, -0.15) is 10.1 Å². The Balaban J connectivity index is 1.54. The lowest BCUT2D eigenvalue weighted by atomic mass is 9.94. The van der Waals surface area contributed by atoms with Crippen LogP contribution in [-0.4, -0.2) is 65.3 Å². The lowest BCUT2D eigenvalue weighted by molar-refractivity contribution is 0.0701. The number of aryl methyl sites for hydroxylation is 1. The Morgan fingerprint density at radius 2 is 2.07 bits per heavy atom. The predicted octanol–water partition coefficient (Wildman–Crippen LogP) is 1.45. The van der Waals surface area contributed by atoms with Gasteiger partial charge < -0.3 is 19.7 Å². The van der Waals surface area contributed by atoms with Crippen LogP contribution in [0.5, 0.6) is 11.8 Å². The molecule has 2 amide bonds. The molecule has 4 rings (SSSR count). The molecule has 1 unspecified atom stereocenters. The van der Waals surface area contributed by atoms with Crippen LogP contribution < -0.4 is 14.8 Å². The fourth-order valence-corrected chi connectivity index (χ4v) is 3.94. The van der Waals surface area contributed by atoms with Gasteiger partial charge in [0.05, 0.1) is 19.9 Å². The van der Waals surface area contributed by atoms with Crippen LogP contribution >= 0.6 is 0 Å². The summed E-state index contributed by atoms with van der Waals surface area (Å²) in [6.45, 7) is 2.60. The zero-order valence-electron chi connectivity index (χ0n) is 16.7. The fraction of sp³-hybridized carbons (Fsp3) is 0.500. The quantitative estimate of drug-likeness (QED) is 0.836. The largest absolute Gasteiger partial charge is 0.481 e. The van der Waals surface area contributed by atoms with E-state index in [-0.39, 0.29) is 23.6 Å². The van der Waals surface area contributed by atoms with Gasteiger partial charge in [-0.1, -0.05) is 0 Å². The number of likely N-dealkylation sites (tertiary alicyclic amines) is 1. The molecule has 0 saturated carbocycles. The van der Waals surface area contributed by atoms with Gasteiger partial charge in [0.25, 0.3) is 11.8 Å². The Morgan fingerprint density at radius 1 is 1.21 bits per heavy atom. The number of ether oxygens (including phenoxy) is 2. The highest BCUT2D eigenvalue weighted by Gasteiger charge is 2.30. The number of nitrogens with zero attached hydrogens (tertiary/aromatic N) is 4. The molecule has 2 aromatic heterocycles. The summed E-state index contributed by atoms with van der Waals surface area (Å²) in [6, 6.07) is 5.21. The second-order valence-electron chi connectivity index (χ2n) is 7.29. The lowest BCUT2D eigenvalue weighted by Crippen LogP contribution is -2.39. The Morgan fingerprint density at radius 3 is 2.86 bits per heavy atom. The molecule has 9 nitrogen and oxygen atoms in total. The van der Waals surface area contributed by atoms with Crippen molar-refractivity contribution in [3.8, 4) is 11.8 Å². The van der Waals surface area contributed by atoms with Crippen LogP contribution in [0.25, 0.3) is 0 Å². The number of hydrogen-bond donors (Lipinski definition) is 1. The van der Waals surface area contributed by atoms with Crippen LogP contribution in [0.15, 0.2) is 18.2 Å². The molecule has 0 aromatic carbocycles. The van der Waals surface area contributed by atoms with Crippen molar-refractivity contribution in [2.45, 2.75) is 31.7 Å². The van der Waals surface area contributed by atoms with E-state index in [2.05, 4.69) is 15.4 Å². The van der Waals surface area contributed by atoms with Gasteiger partial charge in [0, 0.05) is 38.2 Å². The van der Waals surface area contributed by atoms with E-state index in [1.165, 1.54) is 14.2 Å². The number of fused-ring (bicyclic) bond motifs is 1. The van der Waals surface area contributed by atoms with E-state index in [0.717, 1.165) is 31.5 Å². The number of methoxy groups -OCH3 is 2. The van der Waals surface area contributed by atoms with E-state index in [4.69, 9.17) is 9.47 Å². The summed E-state index contributed by atoms with van der Waals surface area (Å²) in [5.41, 5.74) is 1.88. The number of piperidine rings is 1. The molecule has 0 radical (unpaired) electrons. The summed E-state index contributed by atoms with van der Waals surface area (Å²) in [4.78, 5) is 31.4. The second kappa shape index (κ2) is 8.10. The molecule has 1 N–H and O–H groups in total. The van der Waals surface area contributed by atoms with Crippen LogP contribution in [0.2, 0.25) is 0 Å². The third-order valence-electron chi connectivity index (χ3n) is 5.46. The van der Waals surface area contributed by atoms with Crippen LogP contribution in [0.1, 0.15) is 51.7 Å². The van der Waals surface area contributed by atoms with E-state index < -0.39 is 0 Å². The minimum absolute atomic E-state index is 0.0842. The molecule has 1 fully saturated rings. The molecule has 0 aliphatic carbocycles. The minimum Gasteiger partial charge on any atom is -0.481 e. The van der Waals surface area contributed by atoms with Crippen molar-refractivity contribution in [3.63, 3.8) is 0 Å². The topological polar surface area (TPSA) is 98.6 Å². The van der Waals surface area contributed by atoms with Gasteiger partial charge in [-0.15, -0.1) is 0 Å². The SMILES string of the molecule is COc1ccc(C(=O)N2CCCC(c3cc4n(n3)CCCNC4=O)C2)c(OC)n1. The summed E-state index contributed by atoms with van der Waals surface area (Å²) in [6.07, 6.45) is 2.66. The molecular formula is C20H25N5O4. The molecule has 1 saturated heterocycles. The zero-order chi connectivity index (χ0) is 20.4. The third kappa shape index (κ3) is 3.76. The van der Waals surface area contributed by atoms with Gasteiger partial charge in [0.1, 0.15) is 11.3 Å². The molecular weight excluding hydrogens is 374 g/mol. The highest BCUT2D eigenvalue weighted by atomic mass is 16.5. The maximum atomic E-state index is 13.1. The first-order chi connectivity index (χ1) is 14.1. The normalized spacial score (nSPS) is 19.2. The number of carbonyl (C=O) groups is 2. The number of amides is 2. The zero-order valence-corrected chi connectivity index (χ0v) is 16.7. The highest BCUT2D eigenvalue weighted by molar-refractivity contribution is 5.96. The number of nitrogens with one attached hydrogen (secondary N) is 1. The first-order valence-corrected chi connectivity index (χ1v) is 9.85. The smallest absolute Gasteiger partial charge is 0.269 e. The second-order valence-corrected chi connectivity index (χ2v) is 7.29. The highest BCUT2D eigenvalue weighted by Crippen LogP contribution is 2.29. The molecule has 9 heteroatoms. The fourth-order valence-electron chi connectivity index (χ4n) is 3.94. The standard InChI is InChI=1S/C20H25N5O4/c1-28-17-7-6-14(19(22-17)29-2)20(27)24-9-3-5-13(12-24)15-11-16-18(26)21-8-4-10-25(16)23-15/h6-7,11,13H,3-5,8-10,12H2,1-2H3,(H,21,26). The summed E-state index contributed by atoms with van der Waals surface area (Å²) in [5, 5.41) is 7.56. The summed E-state index contributed by atoms with van der Waals surface area (Å²) in [7, 11) is 3.01. The van der Waals surface area contributed by atoms with Crippen LogP contribution in [0.3, 0.4) is 0 Å². The van der Waals surface area contributed by atoms with Crippen molar-refractivity contribution >= 4 is 11.8 Å². The van der Waals surface area contributed by atoms with Crippen LogP contribution in [0, 0.1) is 0 Å². The average Bonchev–Trinajstić information content (AvgIpc) is 3.12. The summed E-state index contributed by atoms with van der Waals surface area (Å²) in [5.74, 6) is 0.533. The molecule has 0 bridgehead atoms. The van der Waals surface area contributed by atoms with E-state index in [9.17, 15) is 9.59 Å². The van der Waals surface area contributed by atoms with Gasteiger partial charge >= 0.3 is 0 Å². The van der Waals surface area contributed by atoms with Gasteiger partial charge in [0.15, 0.2) is 0 Å². The predicted molar refractivity (Wildman–Crippen MR) is 104 cm³/mol. The average molecular weight is 399 g/mol. The summed E-state index contributed by atoms with van der Waals surface area (Å²) < 4.78 is 12.2. The van der Waals surface area contributed by atoms with Gasteiger partial charge in [-0.3, -0.25) is 14.3 Å². The van der Waals surface area contributed by atoms with Crippen molar-refractivity contribution in [3.05, 3.63) is 35.2 Å². The van der Waals surface area contributed by atoms with Crippen molar-refractivity contribution in [1.29, 1.82) is 0 Å². The van der Waals surface area contributed by atoms with E-state index >= 15 is 0 Å². The van der Waals surface area contributed by atoms with E-state index in [1.54, 1.807) is 16.8 Å². The molecule has 1 atom stereocenters. The number of aromatic nitrogens is 3. The first kappa shape index (κ1) is 19.2. The maximum absolute atomic E-state index is 13.1. The van der Waals surface area contributed by atoms with E-state index in [1.807, 2.05) is 11.0 Å². The van der Waals surface area contributed by atoms with Gasteiger partial charge in [-0.25, -0.2) is 0 Å². The van der Waals surface area contributed by atoms with Crippen molar-refractivity contribution in [2.75, 3.05) is 33.9 Å². The Kier molecular flexibility index (Phi) is 5.37. The number of carbonyl (C=O) groups excluding carboxylic acids is 2. The lowest BCUT2D eigenvalue weighted by Gasteiger charge is -2.32. The van der Waals surface area contributed by atoms with Gasteiger partial charge in [-0.05, 0) is 31.4 Å². The van der Waals surface area contributed by atoms with E-state index in [0.29, 0.717) is 36.8 Å². The Labute approximate surface area is 169 Å². The molecule has 29 heavy (non-hydrogen) atoms. The molecule has 2 aliphatic rings. The molecule has 2 aliphatic heterocycles. The Bertz CT molecular complexity index is 926. The number of pyridine rings is 1. The Hall–Kier alpha value is -3.10. The van der Waals surface area contributed by atoms with Crippen molar-refractivity contribution in [2.24, 2.45) is 0 Å². The minimum atomic E-state index is -0.125.